The van der Waals surface area contributed by atoms with Gasteiger partial charge in [-0.15, -0.1) is 0 Å². The molecule has 1 unspecified atom stereocenters. The van der Waals surface area contributed by atoms with E-state index in [1.807, 2.05) is 13.0 Å². The molecule has 0 fully saturated rings. The summed E-state index contributed by atoms with van der Waals surface area (Å²) in [6.07, 6.45) is 1.09. The maximum atomic E-state index is 8.89. The van der Waals surface area contributed by atoms with E-state index in [4.69, 9.17) is 21.6 Å². The quantitative estimate of drug-likeness (QED) is 0.712. The van der Waals surface area contributed by atoms with E-state index in [2.05, 4.69) is 32.0 Å². The van der Waals surface area contributed by atoms with Crippen LogP contribution in [0.15, 0.2) is 36.4 Å². The number of hydrogen-bond donors (Lipinski definition) is 0. The van der Waals surface area contributed by atoms with Gasteiger partial charge in [-0.25, -0.2) is 0 Å². The van der Waals surface area contributed by atoms with Gasteiger partial charge < -0.3 is 4.74 Å². The van der Waals surface area contributed by atoms with Gasteiger partial charge in [0, 0.05) is 6.07 Å². The summed E-state index contributed by atoms with van der Waals surface area (Å²) in [5.41, 5.74) is 2.79. The van der Waals surface area contributed by atoms with E-state index >= 15 is 0 Å². The van der Waals surface area contributed by atoms with Crippen LogP contribution in [0.1, 0.15) is 42.9 Å². The van der Waals surface area contributed by atoms with E-state index in [1.165, 1.54) is 5.56 Å². The molecule has 0 aliphatic heterocycles. The van der Waals surface area contributed by atoms with Gasteiger partial charge in [0.2, 0.25) is 0 Å². The van der Waals surface area contributed by atoms with Gasteiger partial charge >= 0.3 is 0 Å². The lowest BCUT2D eigenvalue weighted by atomic mass is 9.97. The number of benzene rings is 2. The summed E-state index contributed by atoms with van der Waals surface area (Å²) in [5, 5.41) is 9.30. The zero-order valence-electron chi connectivity index (χ0n) is 12.5. The topological polar surface area (TPSA) is 33.0 Å². The van der Waals surface area contributed by atoms with Crippen LogP contribution in [0.2, 0.25) is 5.02 Å². The van der Waals surface area contributed by atoms with Crippen molar-refractivity contribution < 1.29 is 4.74 Å². The summed E-state index contributed by atoms with van der Waals surface area (Å²) in [5.74, 6) is 1.97. The first-order chi connectivity index (χ1) is 10.0. The van der Waals surface area contributed by atoms with Gasteiger partial charge in [0.15, 0.2) is 0 Å². The molecule has 0 aliphatic rings. The van der Waals surface area contributed by atoms with Gasteiger partial charge in [-0.2, -0.15) is 5.26 Å². The van der Waals surface area contributed by atoms with Crippen molar-refractivity contribution in [1.82, 2.24) is 0 Å². The minimum absolute atomic E-state index is 0.408. The molecule has 2 rings (SSSR count). The minimum Gasteiger partial charge on any atom is -0.457 e. The number of nitrogens with zero attached hydrogens (tertiary/aromatic N) is 1. The average molecular weight is 300 g/mol. The van der Waals surface area contributed by atoms with Crippen molar-refractivity contribution in [3.05, 3.63) is 58.1 Å². The Hall–Kier alpha value is -1.98. The van der Waals surface area contributed by atoms with Crippen molar-refractivity contribution >= 4 is 11.6 Å². The molecular weight excluding hydrogens is 282 g/mol. The maximum absolute atomic E-state index is 8.89. The van der Waals surface area contributed by atoms with E-state index in [-0.39, 0.29) is 0 Å². The lowest BCUT2D eigenvalue weighted by Crippen LogP contribution is -1.94. The van der Waals surface area contributed by atoms with Crippen LogP contribution in [0, 0.1) is 18.3 Å². The predicted octanol–water partition coefficient (Wildman–Crippen LogP) is 5.83. The minimum atomic E-state index is 0.408. The molecular formula is C18H18ClNO. The zero-order valence-corrected chi connectivity index (χ0v) is 13.2. The number of aryl methyl sites for hydroxylation is 1. The fourth-order valence-electron chi connectivity index (χ4n) is 2.05. The van der Waals surface area contributed by atoms with E-state index in [9.17, 15) is 0 Å². The third-order valence-corrected chi connectivity index (χ3v) is 4.00. The van der Waals surface area contributed by atoms with Crippen LogP contribution >= 0.6 is 11.6 Å². The van der Waals surface area contributed by atoms with Gasteiger partial charge in [-0.1, -0.05) is 37.6 Å². The van der Waals surface area contributed by atoms with Crippen molar-refractivity contribution in [3.8, 4) is 17.6 Å². The molecule has 1 atom stereocenters. The highest BCUT2D eigenvalue weighted by atomic mass is 35.5. The van der Waals surface area contributed by atoms with Crippen LogP contribution in [0.25, 0.3) is 0 Å². The highest BCUT2D eigenvalue weighted by Crippen LogP contribution is 2.31. The third kappa shape index (κ3) is 3.56. The SMILES string of the molecule is CCC(C)c1ccc(C)c(Oc2ccc(C#N)c(Cl)c2)c1. The molecule has 0 N–H and O–H groups in total. The molecule has 3 heteroatoms. The van der Waals surface area contributed by atoms with Crippen molar-refractivity contribution in [2.24, 2.45) is 0 Å². The molecule has 0 saturated carbocycles. The second-order valence-corrected chi connectivity index (χ2v) is 5.60. The average Bonchev–Trinajstić information content (AvgIpc) is 2.49. The normalized spacial score (nSPS) is 11.8. The van der Waals surface area contributed by atoms with Crippen LogP contribution < -0.4 is 4.74 Å². The summed E-state index contributed by atoms with van der Waals surface area (Å²) in [4.78, 5) is 0. The molecule has 108 valence electrons. The number of hydrogen-bond acceptors (Lipinski definition) is 2. The summed E-state index contributed by atoms with van der Waals surface area (Å²) < 4.78 is 5.93. The zero-order chi connectivity index (χ0) is 15.4. The summed E-state index contributed by atoms with van der Waals surface area (Å²) in [7, 11) is 0. The Morgan fingerprint density at radius 3 is 2.62 bits per heavy atom. The number of ether oxygens (including phenoxy) is 1. The molecule has 0 aliphatic carbocycles. The Kier molecular flexibility index (Phi) is 4.88. The Labute approximate surface area is 130 Å². The molecule has 0 aromatic heterocycles. The van der Waals surface area contributed by atoms with E-state index in [1.54, 1.807) is 18.2 Å². The lowest BCUT2D eigenvalue weighted by Gasteiger charge is -2.14. The Balaban J connectivity index is 2.31. The maximum Gasteiger partial charge on any atom is 0.130 e. The van der Waals surface area contributed by atoms with Crippen LogP contribution in [0.3, 0.4) is 0 Å². The number of halogens is 1. The Bertz CT molecular complexity index is 688. The van der Waals surface area contributed by atoms with Gasteiger partial charge in [0.25, 0.3) is 0 Å². The Morgan fingerprint density at radius 2 is 2.00 bits per heavy atom. The molecule has 21 heavy (non-hydrogen) atoms. The third-order valence-electron chi connectivity index (χ3n) is 3.68. The van der Waals surface area contributed by atoms with Crippen molar-refractivity contribution in [3.63, 3.8) is 0 Å². The highest BCUT2D eigenvalue weighted by molar-refractivity contribution is 6.31. The van der Waals surface area contributed by atoms with E-state index in [0.29, 0.717) is 22.3 Å². The first-order valence-corrected chi connectivity index (χ1v) is 7.41. The van der Waals surface area contributed by atoms with Gasteiger partial charge in [0.1, 0.15) is 17.6 Å². The molecule has 0 spiro atoms. The molecule has 2 aromatic carbocycles. The van der Waals surface area contributed by atoms with Crippen molar-refractivity contribution in [2.45, 2.75) is 33.1 Å². The van der Waals surface area contributed by atoms with E-state index < -0.39 is 0 Å². The van der Waals surface area contributed by atoms with Crippen LogP contribution in [0.4, 0.5) is 0 Å². The molecule has 0 radical (unpaired) electrons. The summed E-state index contributed by atoms with van der Waals surface area (Å²) >= 11 is 6.04. The van der Waals surface area contributed by atoms with E-state index in [0.717, 1.165) is 17.7 Å². The van der Waals surface area contributed by atoms with Crippen LogP contribution in [-0.2, 0) is 0 Å². The lowest BCUT2D eigenvalue weighted by molar-refractivity contribution is 0.477. The standard InChI is InChI=1S/C18H18ClNO/c1-4-12(2)14-6-5-13(3)18(9-14)21-16-8-7-15(11-20)17(19)10-16/h5-10,12H,4H2,1-3H3. The Morgan fingerprint density at radius 1 is 1.24 bits per heavy atom. The first kappa shape index (κ1) is 15.4. The summed E-state index contributed by atoms with van der Waals surface area (Å²) in [6, 6.07) is 13.4. The molecule has 2 nitrogen and oxygen atoms in total. The molecule has 0 amide bonds. The second kappa shape index (κ2) is 6.65. The van der Waals surface area contributed by atoms with Gasteiger partial charge in [0.05, 0.1) is 10.6 Å². The second-order valence-electron chi connectivity index (χ2n) is 5.19. The van der Waals surface area contributed by atoms with Crippen molar-refractivity contribution in [2.75, 3.05) is 0 Å². The van der Waals surface area contributed by atoms with Gasteiger partial charge in [-0.3, -0.25) is 0 Å². The smallest absolute Gasteiger partial charge is 0.130 e. The van der Waals surface area contributed by atoms with Crippen molar-refractivity contribution in [1.29, 1.82) is 5.26 Å². The highest BCUT2D eigenvalue weighted by Gasteiger charge is 2.09. The van der Waals surface area contributed by atoms with Gasteiger partial charge in [-0.05, 0) is 48.6 Å². The monoisotopic (exact) mass is 299 g/mol. The predicted molar refractivity (Wildman–Crippen MR) is 86.1 cm³/mol. The van der Waals surface area contributed by atoms with Crippen LogP contribution in [0.5, 0.6) is 11.5 Å². The summed E-state index contributed by atoms with van der Waals surface area (Å²) in [6.45, 7) is 6.39. The molecule has 2 aromatic rings. The number of rotatable bonds is 4. The van der Waals surface area contributed by atoms with Crippen LogP contribution in [-0.4, -0.2) is 0 Å². The largest absolute Gasteiger partial charge is 0.457 e. The molecule has 0 bridgehead atoms. The molecule has 0 heterocycles. The number of nitriles is 1. The fourth-order valence-corrected chi connectivity index (χ4v) is 2.26. The fraction of sp³-hybridized carbons (Fsp3) is 0.278. The first-order valence-electron chi connectivity index (χ1n) is 7.03. The molecule has 0 saturated heterocycles.